The number of unbranched alkanes of at least 4 members (excludes halogenated alkanes) is 18. The Morgan fingerprint density at radius 2 is 0.814 bits per heavy atom. The van der Waals surface area contributed by atoms with Crippen molar-refractivity contribution >= 4 is 27.2 Å². The average molecular weight is 792 g/mol. The summed E-state index contributed by atoms with van der Waals surface area (Å²) in [4.78, 5) is 10.8. The summed E-state index contributed by atoms with van der Waals surface area (Å²) in [5.41, 5.74) is 3.51. The van der Waals surface area contributed by atoms with E-state index in [4.69, 9.17) is 9.47 Å². The first-order valence-electron chi connectivity index (χ1n) is 22.7. The van der Waals surface area contributed by atoms with Gasteiger partial charge in [0.15, 0.2) is 11.5 Å². The molecule has 5 aromatic carbocycles. The van der Waals surface area contributed by atoms with E-state index in [0.717, 1.165) is 68.1 Å². The summed E-state index contributed by atoms with van der Waals surface area (Å²) in [6.45, 7) is 5.90. The van der Waals surface area contributed by atoms with Crippen LogP contribution in [0.4, 0.5) is 5.69 Å². The Kier molecular flexibility index (Phi) is 19.7. The number of benzene rings is 5. The number of fused-ring (bicyclic) bond motifs is 2. The monoisotopic (exact) mass is 791 g/mol. The van der Waals surface area contributed by atoms with Crippen molar-refractivity contribution in [2.24, 2.45) is 0 Å². The van der Waals surface area contributed by atoms with E-state index in [1.54, 1.807) is 12.1 Å². The molecule has 0 atom stereocenters. The number of hydrogen-bond donors (Lipinski definition) is 0. The summed E-state index contributed by atoms with van der Waals surface area (Å²) in [5, 5.41) is 15.3. The van der Waals surface area contributed by atoms with Crippen LogP contribution < -0.4 is 9.47 Å². The maximum Gasteiger partial charge on any atom is 0.269 e. The number of nitro benzene ring substituents is 1. The predicted molar refractivity (Wildman–Crippen MR) is 248 cm³/mol. The molecule has 0 radical (unpaired) electrons. The molecule has 5 rings (SSSR count). The first-order valence-corrected chi connectivity index (χ1v) is 22.7. The van der Waals surface area contributed by atoms with Gasteiger partial charge in [0.1, 0.15) is 0 Å². The van der Waals surface area contributed by atoms with Gasteiger partial charge in [-0.25, -0.2) is 0 Å². The molecule has 310 valence electrons. The van der Waals surface area contributed by atoms with Gasteiger partial charge >= 0.3 is 0 Å². The van der Waals surface area contributed by atoms with Crippen molar-refractivity contribution in [3.8, 4) is 35.2 Å². The molecule has 0 aliphatic carbocycles. The van der Waals surface area contributed by atoms with Gasteiger partial charge in [-0.1, -0.05) is 202 Å². The van der Waals surface area contributed by atoms with Gasteiger partial charge in [-0.3, -0.25) is 10.1 Å². The fourth-order valence-electron chi connectivity index (χ4n) is 7.69. The van der Waals surface area contributed by atoms with Crippen molar-refractivity contribution in [2.75, 3.05) is 13.2 Å². The molecule has 0 aliphatic rings. The van der Waals surface area contributed by atoms with E-state index in [2.05, 4.69) is 61.8 Å². The van der Waals surface area contributed by atoms with Crippen LogP contribution in [0.25, 0.3) is 21.5 Å². The molecular weight excluding hydrogens is 727 g/mol. The van der Waals surface area contributed by atoms with Crippen molar-refractivity contribution in [3.63, 3.8) is 0 Å². The van der Waals surface area contributed by atoms with E-state index in [0.29, 0.717) is 13.2 Å². The van der Waals surface area contributed by atoms with E-state index in [9.17, 15) is 10.1 Å². The topological polar surface area (TPSA) is 61.6 Å². The largest absolute Gasteiger partial charge is 0.490 e. The van der Waals surface area contributed by atoms with Gasteiger partial charge in [-0.2, -0.15) is 0 Å². The zero-order valence-corrected chi connectivity index (χ0v) is 35.8. The Hall–Kier alpha value is -5.26. The van der Waals surface area contributed by atoms with Gasteiger partial charge < -0.3 is 9.47 Å². The molecule has 59 heavy (non-hydrogen) atoms. The molecule has 0 saturated carbocycles. The molecule has 0 saturated heterocycles. The van der Waals surface area contributed by atoms with Gasteiger partial charge in [0.05, 0.1) is 18.1 Å². The smallest absolute Gasteiger partial charge is 0.269 e. The maximum absolute atomic E-state index is 11.2. The number of non-ortho nitro benzene ring substituents is 1. The third-order valence-electron chi connectivity index (χ3n) is 11.1. The van der Waals surface area contributed by atoms with E-state index in [1.165, 1.54) is 128 Å². The second kappa shape index (κ2) is 26.0. The van der Waals surface area contributed by atoms with Crippen LogP contribution >= 0.6 is 0 Å². The highest BCUT2D eigenvalue weighted by Gasteiger charge is 2.12. The van der Waals surface area contributed by atoms with Gasteiger partial charge in [-0.05, 0) is 64.7 Å². The summed E-state index contributed by atoms with van der Waals surface area (Å²) >= 11 is 0. The van der Waals surface area contributed by atoms with Gasteiger partial charge in [0, 0.05) is 34.4 Å². The minimum Gasteiger partial charge on any atom is -0.490 e. The summed E-state index contributed by atoms with van der Waals surface area (Å²) in [6.07, 6.45) is 25.8. The predicted octanol–water partition coefficient (Wildman–Crippen LogP) is 15.3. The van der Waals surface area contributed by atoms with Crippen LogP contribution in [0.15, 0.2) is 91.0 Å². The molecule has 0 heterocycles. The number of nitro groups is 1. The molecule has 0 aromatic heterocycles. The van der Waals surface area contributed by atoms with Crippen LogP contribution in [-0.4, -0.2) is 18.1 Å². The first kappa shape index (κ1) is 44.8. The quantitative estimate of drug-likeness (QED) is 0.0194. The second-order valence-electron chi connectivity index (χ2n) is 15.9. The fourth-order valence-corrected chi connectivity index (χ4v) is 7.69. The molecule has 0 unspecified atom stereocenters. The Labute approximate surface area is 354 Å². The van der Waals surface area contributed by atoms with E-state index >= 15 is 0 Å². The van der Waals surface area contributed by atoms with Gasteiger partial charge in [-0.15, -0.1) is 0 Å². The van der Waals surface area contributed by atoms with Gasteiger partial charge in [0.25, 0.3) is 5.69 Å². The molecule has 0 N–H and O–H groups in total. The fraction of sp³-hybridized carbons (Fsp3) is 0.444. The van der Waals surface area contributed by atoms with Crippen LogP contribution in [0.5, 0.6) is 11.5 Å². The molecule has 0 fully saturated rings. The Morgan fingerprint density at radius 1 is 0.441 bits per heavy atom. The number of hydrogen-bond acceptors (Lipinski definition) is 4. The average Bonchev–Trinajstić information content (AvgIpc) is 3.26. The number of ether oxygens (including phenoxy) is 2. The van der Waals surface area contributed by atoms with Crippen LogP contribution in [0.1, 0.15) is 165 Å². The maximum atomic E-state index is 11.2. The van der Waals surface area contributed by atoms with E-state index < -0.39 is 4.92 Å². The van der Waals surface area contributed by atoms with Crippen LogP contribution in [0, 0.1) is 33.8 Å². The zero-order valence-electron chi connectivity index (χ0n) is 35.8. The Balaban J connectivity index is 1.30. The number of nitrogens with zero attached hydrogens (tertiary/aromatic N) is 1. The minimum atomic E-state index is -0.396. The highest BCUT2D eigenvalue weighted by Crippen LogP contribution is 2.33. The van der Waals surface area contributed by atoms with Crippen molar-refractivity contribution in [2.45, 2.75) is 142 Å². The third-order valence-corrected chi connectivity index (χ3v) is 11.1. The zero-order chi connectivity index (χ0) is 41.3. The third kappa shape index (κ3) is 14.8. The summed E-state index contributed by atoms with van der Waals surface area (Å²) in [6, 6.07) is 29.0. The first-order chi connectivity index (χ1) is 29.1. The summed E-state index contributed by atoms with van der Waals surface area (Å²) in [5.74, 6) is 15.3. The van der Waals surface area contributed by atoms with Crippen molar-refractivity contribution < 1.29 is 14.4 Å². The molecule has 5 heteroatoms. The lowest BCUT2D eigenvalue weighted by Gasteiger charge is -2.14. The van der Waals surface area contributed by atoms with Crippen LogP contribution in [-0.2, 0) is 0 Å². The molecule has 5 aromatic rings. The van der Waals surface area contributed by atoms with Crippen molar-refractivity contribution in [3.05, 3.63) is 123 Å². The molecule has 5 nitrogen and oxygen atoms in total. The molecule has 0 spiro atoms. The SMILES string of the molecule is CCCCCCCCCCCCOc1ccc(C#Cc2c3ccccc3c(C#Cc3ccc([N+](=O)[O-])cc3)c3ccccc23)cc1OCCCCCCCCCCCC. The highest BCUT2D eigenvalue weighted by molar-refractivity contribution is 6.09. The minimum absolute atomic E-state index is 0.0497. The van der Waals surface area contributed by atoms with Crippen molar-refractivity contribution in [1.29, 1.82) is 0 Å². The normalized spacial score (nSPS) is 10.9. The van der Waals surface area contributed by atoms with Crippen molar-refractivity contribution in [1.82, 2.24) is 0 Å². The number of rotatable bonds is 25. The lowest BCUT2D eigenvalue weighted by atomic mass is 9.92. The molecule has 0 bridgehead atoms. The van der Waals surface area contributed by atoms with E-state index in [-0.39, 0.29) is 5.69 Å². The molecule has 0 amide bonds. The van der Waals surface area contributed by atoms with E-state index in [1.807, 2.05) is 42.5 Å². The lowest BCUT2D eigenvalue weighted by Crippen LogP contribution is -2.03. The standard InChI is InChI=1S/C54H65NO4/c1-3-5-7-9-11-13-15-17-19-25-41-58-53-40-35-45(43-54(53)59-42-26-20-18-16-14-12-10-8-6-4-2)34-39-52-49-29-23-21-27-47(49)51(48-28-22-24-30-50(48)52)38-33-44-31-36-46(37-32-44)55(56)57/h21-24,27-32,35-37,40,43H,3-20,25-26,41-42H2,1-2H3. The summed E-state index contributed by atoms with van der Waals surface area (Å²) < 4.78 is 12.8. The molecule has 0 aliphatic heterocycles. The second-order valence-corrected chi connectivity index (χ2v) is 15.9. The van der Waals surface area contributed by atoms with Gasteiger partial charge in [0.2, 0.25) is 0 Å². The van der Waals surface area contributed by atoms with Crippen LogP contribution in [0.2, 0.25) is 0 Å². The highest BCUT2D eigenvalue weighted by atomic mass is 16.6. The lowest BCUT2D eigenvalue weighted by molar-refractivity contribution is -0.384. The molecular formula is C54H65NO4. The Morgan fingerprint density at radius 3 is 1.24 bits per heavy atom. The van der Waals surface area contributed by atoms with Crippen LogP contribution in [0.3, 0.4) is 0 Å². The Bertz CT molecular complexity index is 2110. The summed E-state index contributed by atoms with van der Waals surface area (Å²) in [7, 11) is 0.